The maximum absolute atomic E-state index is 9.77. The van der Waals surface area contributed by atoms with Crippen LogP contribution in [0.3, 0.4) is 0 Å². The summed E-state index contributed by atoms with van der Waals surface area (Å²) in [5.41, 5.74) is 4.94. The number of aromatic hydroxyl groups is 1. The van der Waals surface area contributed by atoms with E-state index in [1.165, 1.54) is 16.7 Å². The molecule has 0 saturated carbocycles. The maximum atomic E-state index is 9.77. The van der Waals surface area contributed by atoms with Crippen LogP contribution in [0.2, 0.25) is 0 Å². The van der Waals surface area contributed by atoms with E-state index in [4.69, 9.17) is 4.74 Å². The van der Waals surface area contributed by atoms with Gasteiger partial charge in [0.25, 0.3) is 0 Å². The van der Waals surface area contributed by atoms with Gasteiger partial charge < -0.3 is 14.7 Å². The number of phenolic OH excluding ortho intramolecular Hbond substituents is 1. The van der Waals surface area contributed by atoms with Crippen LogP contribution in [0.1, 0.15) is 30.5 Å². The molecule has 0 saturated heterocycles. The molecule has 2 aromatic carbocycles. The van der Waals surface area contributed by atoms with E-state index in [9.17, 15) is 5.11 Å². The molecule has 3 heteroatoms. The van der Waals surface area contributed by atoms with Crippen molar-refractivity contribution < 1.29 is 9.84 Å². The molecular formula is C20H25NO2. The van der Waals surface area contributed by atoms with Gasteiger partial charge in [0.15, 0.2) is 0 Å². The highest BCUT2D eigenvalue weighted by Gasteiger charge is 2.28. The van der Waals surface area contributed by atoms with E-state index in [0.717, 1.165) is 24.4 Å². The first-order valence-corrected chi connectivity index (χ1v) is 8.26. The van der Waals surface area contributed by atoms with E-state index >= 15 is 0 Å². The Bertz CT molecular complexity index is 709. The maximum Gasteiger partial charge on any atom is 0.143 e. The quantitative estimate of drug-likeness (QED) is 0.921. The molecule has 0 amide bonds. The number of rotatable bonds is 3. The smallest absolute Gasteiger partial charge is 0.143 e. The van der Waals surface area contributed by atoms with E-state index < -0.39 is 0 Å². The number of ether oxygens (including phenoxy) is 1. The summed E-state index contributed by atoms with van der Waals surface area (Å²) in [4.78, 5) is 2.31. The van der Waals surface area contributed by atoms with Crippen LogP contribution in [-0.2, 0) is 6.42 Å². The Balaban J connectivity index is 1.87. The first-order chi connectivity index (χ1) is 10.9. The monoisotopic (exact) mass is 311 g/mol. The van der Waals surface area contributed by atoms with Crippen LogP contribution < -0.4 is 9.64 Å². The van der Waals surface area contributed by atoms with Crippen LogP contribution >= 0.6 is 0 Å². The Morgan fingerprint density at radius 2 is 1.96 bits per heavy atom. The Morgan fingerprint density at radius 1 is 1.17 bits per heavy atom. The van der Waals surface area contributed by atoms with Gasteiger partial charge in [0.05, 0.1) is 12.2 Å². The largest absolute Gasteiger partial charge is 0.508 e. The zero-order chi connectivity index (χ0) is 16.6. The highest BCUT2D eigenvalue weighted by atomic mass is 16.5. The van der Waals surface area contributed by atoms with Gasteiger partial charge in [-0.25, -0.2) is 0 Å². The lowest BCUT2D eigenvalue weighted by Gasteiger charge is -2.39. The van der Waals surface area contributed by atoms with Gasteiger partial charge in [-0.3, -0.25) is 0 Å². The van der Waals surface area contributed by atoms with Crippen molar-refractivity contribution in [2.75, 3.05) is 11.4 Å². The van der Waals surface area contributed by atoms with Crippen LogP contribution in [0.5, 0.6) is 11.5 Å². The minimum absolute atomic E-state index is 0.121. The molecule has 3 nitrogen and oxygen atoms in total. The predicted octanol–water partition coefficient (Wildman–Crippen LogP) is 4.23. The van der Waals surface area contributed by atoms with Gasteiger partial charge in [-0.05, 0) is 51.0 Å². The van der Waals surface area contributed by atoms with Crippen molar-refractivity contribution in [3.8, 4) is 11.5 Å². The average Bonchev–Trinajstić information content (AvgIpc) is 2.49. The predicted molar refractivity (Wildman–Crippen MR) is 94.6 cm³/mol. The third-order valence-corrected chi connectivity index (χ3v) is 4.51. The Kier molecular flexibility index (Phi) is 4.20. The molecule has 1 aliphatic heterocycles. The van der Waals surface area contributed by atoms with E-state index in [0.29, 0.717) is 6.04 Å². The minimum Gasteiger partial charge on any atom is -0.508 e. The summed E-state index contributed by atoms with van der Waals surface area (Å²) in [6, 6.07) is 12.3. The summed E-state index contributed by atoms with van der Waals surface area (Å²) in [6.45, 7) is 9.47. The van der Waals surface area contributed by atoms with Crippen molar-refractivity contribution in [2.45, 2.75) is 46.3 Å². The van der Waals surface area contributed by atoms with Crippen LogP contribution in [0.15, 0.2) is 36.4 Å². The summed E-state index contributed by atoms with van der Waals surface area (Å²) in [5, 5.41) is 9.77. The molecule has 0 radical (unpaired) electrons. The second-order valence-electron chi connectivity index (χ2n) is 6.77. The van der Waals surface area contributed by atoms with Crippen molar-refractivity contribution in [2.24, 2.45) is 0 Å². The molecule has 0 aromatic heterocycles. The molecule has 122 valence electrons. The van der Waals surface area contributed by atoms with E-state index in [1.807, 2.05) is 6.07 Å². The average molecular weight is 311 g/mol. The molecule has 1 heterocycles. The Morgan fingerprint density at radius 3 is 2.65 bits per heavy atom. The third-order valence-electron chi connectivity index (χ3n) is 4.51. The number of fused-ring (bicyclic) bond motifs is 1. The minimum atomic E-state index is 0.121. The van der Waals surface area contributed by atoms with Gasteiger partial charge >= 0.3 is 0 Å². The van der Waals surface area contributed by atoms with Gasteiger partial charge in [0.2, 0.25) is 0 Å². The van der Waals surface area contributed by atoms with E-state index in [-0.39, 0.29) is 11.9 Å². The molecule has 0 fully saturated rings. The second kappa shape index (κ2) is 6.15. The summed E-state index contributed by atoms with van der Waals surface area (Å²) in [6.07, 6.45) is 1.02. The second-order valence-corrected chi connectivity index (χ2v) is 6.77. The number of nitrogens with zero attached hydrogens (tertiary/aromatic N) is 1. The molecule has 1 aliphatic rings. The fourth-order valence-corrected chi connectivity index (χ4v) is 3.28. The van der Waals surface area contributed by atoms with Crippen LogP contribution in [-0.4, -0.2) is 23.8 Å². The number of hydrogen-bond donors (Lipinski definition) is 1. The SMILES string of the molecule is Cc1ccc(CC2CN(C(C)C)c3cc(O)ccc3O2)c(C)c1. The standard InChI is InChI=1S/C20H25NO2/c1-13(2)21-12-18(10-16-6-5-14(3)9-15(16)4)23-20-8-7-17(22)11-19(20)21/h5-9,11,13,18,22H,10,12H2,1-4H3. The fraction of sp³-hybridized carbons (Fsp3) is 0.400. The summed E-state index contributed by atoms with van der Waals surface area (Å²) >= 11 is 0. The van der Waals surface area contributed by atoms with Gasteiger partial charge in [0, 0.05) is 18.5 Å². The highest BCUT2D eigenvalue weighted by Crippen LogP contribution is 2.37. The fourth-order valence-electron chi connectivity index (χ4n) is 3.28. The molecule has 2 aromatic rings. The lowest BCUT2D eigenvalue weighted by Crippen LogP contribution is -2.44. The first kappa shape index (κ1) is 15.7. The first-order valence-electron chi connectivity index (χ1n) is 8.26. The lowest BCUT2D eigenvalue weighted by molar-refractivity contribution is 0.190. The third kappa shape index (κ3) is 3.29. The zero-order valence-electron chi connectivity index (χ0n) is 14.3. The zero-order valence-corrected chi connectivity index (χ0v) is 14.3. The molecular weight excluding hydrogens is 286 g/mol. The van der Waals surface area contributed by atoms with Crippen molar-refractivity contribution in [3.05, 3.63) is 53.1 Å². The number of phenols is 1. The van der Waals surface area contributed by atoms with Crippen molar-refractivity contribution >= 4 is 5.69 Å². The number of benzene rings is 2. The normalized spacial score (nSPS) is 17.1. The van der Waals surface area contributed by atoms with Crippen molar-refractivity contribution in [1.29, 1.82) is 0 Å². The summed E-state index contributed by atoms with van der Waals surface area (Å²) < 4.78 is 6.20. The van der Waals surface area contributed by atoms with E-state index in [1.54, 1.807) is 12.1 Å². The Hall–Kier alpha value is -2.16. The van der Waals surface area contributed by atoms with Crippen LogP contribution in [0.4, 0.5) is 5.69 Å². The highest BCUT2D eigenvalue weighted by molar-refractivity contribution is 5.63. The molecule has 0 bridgehead atoms. The van der Waals surface area contributed by atoms with Crippen LogP contribution in [0, 0.1) is 13.8 Å². The molecule has 0 aliphatic carbocycles. The summed E-state index contributed by atoms with van der Waals surface area (Å²) in [7, 11) is 0. The topological polar surface area (TPSA) is 32.7 Å². The van der Waals surface area contributed by atoms with Crippen molar-refractivity contribution in [3.63, 3.8) is 0 Å². The van der Waals surface area contributed by atoms with Gasteiger partial charge in [-0.15, -0.1) is 0 Å². The molecule has 1 N–H and O–H groups in total. The van der Waals surface area contributed by atoms with Gasteiger partial charge in [-0.1, -0.05) is 23.8 Å². The van der Waals surface area contributed by atoms with Gasteiger partial charge in [-0.2, -0.15) is 0 Å². The molecule has 1 unspecified atom stereocenters. The number of hydrogen-bond acceptors (Lipinski definition) is 3. The van der Waals surface area contributed by atoms with E-state index in [2.05, 4.69) is 50.8 Å². The molecule has 23 heavy (non-hydrogen) atoms. The lowest BCUT2D eigenvalue weighted by atomic mass is 9.99. The number of anilines is 1. The molecule has 3 rings (SSSR count). The number of aryl methyl sites for hydroxylation is 2. The van der Waals surface area contributed by atoms with Crippen molar-refractivity contribution in [1.82, 2.24) is 0 Å². The molecule has 1 atom stereocenters. The van der Waals surface area contributed by atoms with Gasteiger partial charge in [0.1, 0.15) is 17.6 Å². The van der Waals surface area contributed by atoms with Crippen LogP contribution in [0.25, 0.3) is 0 Å². The molecule has 0 spiro atoms. The summed E-state index contributed by atoms with van der Waals surface area (Å²) in [5.74, 6) is 1.14. The Labute approximate surface area is 138 Å².